The number of hydrogen-bond donors (Lipinski definition) is 0. The second kappa shape index (κ2) is 5.84. The number of esters is 1. The second-order valence-electron chi connectivity index (χ2n) is 4.11. The Morgan fingerprint density at radius 3 is 2.57 bits per heavy atom. The van der Waals surface area contributed by atoms with Crippen molar-refractivity contribution in [3.05, 3.63) is 12.8 Å². The zero-order chi connectivity index (χ0) is 10.4. The maximum Gasteiger partial charge on any atom is 0.313 e. The van der Waals surface area contributed by atoms with Gasteiger partial charge in [-0.25, -0.2) is 0 Å². The van der Waals surface area contributed by atoms with E-state index in [1.165, 1.54) is 31.9 Å². The molecule has 0 N–H and O–H groups in total. The van der Waals surface area contributed by atoms with Crippen LogP contribution in [0.3, 0.4) is 0 Å². The third-order valence-electron chi connectivity index (χ3n) is 3.08. The van der Waals surface area contributed by atoms with Crippen LogP contribution < -0.4 is 0 Å². The zero-order valence-corrected chi connectivity index (χ0v) is 9.00. The number of rotatable bonds is 4. The SMILES string of the molecule is C=COC(=O)C1CCC(CCC)CC1. The van der Waals surface area contributed by atoms with Gasteiger partial charge in [-0.1, -0.05) is 26.3 Å². The summed E-state index contributed by atoms with van der Waals surface area (Å²) in [4.78, 5) is 11.4. The summed E-state index contributed by atoms with van der Waals surface area (Å²) in [5.41, 5.74) is 0. The van der Waals surface area contributed by atoms with Crippen LogP contribution in [0.2, 0.25) is 0 Å². The molecule has 1 saturated carbocycles. The van der Waals surface area contributed by atoms with Gasteiger partial charge in [0.25, 0.3) is 0 Å². The van der Waals surface area contributed by atoms with Gasteiger partial charge in [-0.2, -0.15) is 0 Å². The Morgan fingerprint density at radius 2 is 2.07 bits per heavy atom. The van der Waals surface area contributed by atoms with E-state index in [4.69, 9.17) is 4.74 Å². The van der Waals surface area contributed by atoms with E-state index >= 15 is 0 Å². The first-order valence-corrected chi connectivity index (χ1v) is 5.59. The van der Waals surface area contributed by atoms with Crippen molar-refractivity contribution in [3.8, 4) is 0 Å². The smallest absolute Gasteiger partial charge is 0.313 e. The first-order chi connectivity index (χ1) is 6.77. The van der Waals surface area contributed by atoms with E-state index in [1.807, 2.05) is 0 Å². The van der Waals surface area contributed by atoms with E-state index in [0.29, 0.717) is 0 Å². The summed E-state index contributed by atoms with van der Waals surface area (Å²) < 4.78 is 4.80. The van der Waals surface area contributed by atoms with Crippen LogP contribution >= 0.6 is 0 Å². The van der Waals surface area contributed by atoms with Crippen molar-refractivity contribution < 1.29 is 9.53 Å². The molecule has 0 aliphatic heterocycles. The minimum Gasteiger partial charge on any atom is -0.435 e. The van der Waals surface area contributed by atoms with Crippen molar-refractivity contribution in [2.75, 3.05) is 0 Å². The highest BCUT2D eigenvalue weighted by atomic mass is 16.5. The highest BCUT2D eigenvalue weighted by Crippen LogP contribution is 2.32. The van der Waals surface area contributed by atoms with Gasteiger partial charge >= 0.3 is 5.97 Å². The van der Waals surface area contributed by atoms with Crippen molar-refractivity contribution in [3.63, 3.8) is 0 Å². The molecule has 1 aliphatic rings. The highest BCUT2D eigenvalue weighted by molar-refractivity contribution is 5.73. The molecule has 0 aromatic rings. The number of carbonyl (C=O) groups is 1. The summed E-state index contributed by atoms with van der Waals surface area (Å²) in [5, 5.41) is 0. The van der Waals surface area contributed by atoms with Crippen molar-refractivity contribution in [2.24, 2.45) is 11.8 Å². The van der Waals surface area contributed by atoms with Crippen LogP contribution in [0.25, 0.3) is 0 Å². The molecule has 2 heteroatoms. The molecule has 0 atom stereocenters. The van der Waals surface area contributed by atoms with Gasteiger partial charge in [-0.05, 0) is 31.6 Å². The fourth-order valence-corrected chi connectivity index (χ4v) is 2.27. The van der Waals surface area contributed by atoms with E-state index < -0.39 is 0 Å². The first kappa shape index (κ1) is 11.3. The van der Waals surface area contributed by atoms with Gasteiger partial charge in [0.15, 0.2) is 0 Å². The van der Waals surface area contributed by atoms with Crippen molar-refractivity contribution in [1.82, 2.24) is 0 Å². The van der Waals surface area contributed by atoms with Gasteiger partial charge in [-0.3, -0.25) is 4.79 Å². The summed E-state index contributed by atoms with van der Waals surface area (Å²) in [6.07, 6.45) is 8.17. The molecule has 0 saturated heterocycles. The van der Waals surface area contributed by atoms with Crippen LogP contribution in [0, 0.1) is 11.8 Å². The molecule has 0 heterocycles. The van der Waals surface area contributed by atoms with Gasteiger partial charge in [-0.15, -0.1) is 0 Å². The third-order valence-corrected chi connectivity index (χ3v) is 3.08. The lowest BCUT2D eigenvalue weighted by molar-refractivity contribution is -0.144. The Morgan fingerprint density at radius 1 is 1.43 bits per heavy atom. The Kier molecular flexibility index (Phi) is 4.71. The summed E-state index contributed by atoms with van der Waals surface area (Å²) in [6.45, 7) is 5.62. The van der Waals surface area contributed by atoms with Crippen molar-refractivity contribution in [1.29, 1.82) is 0 Å². The molecule has 1 aliphatic carbocycles. The Hall–Kier alpha value is -0.790. The molecule has 0 spiro atoms. The summed E-state index contributed by atoms with van der Waals surface area (Å²) >= 11 is 0. The Balaban J connectivity index is 2.27. The van der Waals surface area contributed by atoms with E-state index in [-0.39, 0.29) is 11.9 Å². The van der Waals surface area contributed by atoms with E-state index in [0.717, 1.165) is 18.8 Å². The first-order valence-electron chi connectivity index (χ1n) is 5.59. The second-order valence-corrected chi connectivity index (χ2v) is 4.11. The van der Waals surface area contributed by atoms with E-state index in [2.05, 4.69) is 13.5 Å². The summed E-state index contributed by atoms with van der Waals surface area (Å²) in [6, 6.07) is 0. The standard InChI is InChI=1S/C12H20O2/c1-3-5-10-6-8-11(9-7-10)12(13)14-4-2/h4,10-11H,2-3,5-9H2,1H3. The molecule has 1 rings (SSSR count). The largest absolute Gasteiger partial charge is 0.435 e. The zero-order valence-electron chi connectivity index (χ0n) is 9.00. The lowest BCUT2D eigenvalue weighted by atomic mass is 9.80. The normalized spacial score (nSPS) is 26.9. The van der Waals surface area contributed by atoms with Crippen LogP contribution in [-0.4, -0.2) is 5.97 Å². The molecule has 0 bridgehead atoms. The fraction of sp³-hybridized carbons (Fsp3) is 0.750. The molecule has 1 fully saturated rings. The Bertz CT molecular complexity index is 190. The predicted octanol–water partition coefficient (Wildman–Crippen LogP) is 3.28. The molecule has 0 aromatic heterocycles. The number of ether oxygens (including phenoxy) is 1. The molecular formula is C12H20O2. The predicted molar refractivity (Wildman–Crippen MR) is 56.6 cm³/mol. The lowest BCUT2D eigenvalue weighted by Crippen LogP contribution is -2.22. The fourth-order valence-electron chi connectivity index (χ4n) is 2.27. The highest BCUT2D eigenvalue weighted by Gasteiger charge is 2.26. The number of hydrogen-bond acceptors (Lipinski definition) is 2. The molecular weight excluding hydrogens is 176 g/mol. The molecule has 80 valence electrons. The lowest BCUT2D eigenvalue weighted by Gasteiger charge is -2.26. The van der Waals surface area contributed by atoms with Gasteiger partial charge in [0.05, 0.1) is 12.2 Å². The quantitative estimate of drug-likeness (QED) is 0.509. The molecule has 0 radical (unpaired) electrons. The third kappa shape index (κ3) is 3.17. The molecule has 14 heavy (non-hydrogen) atoms. The topological polar surface area (TPSA) is 26.3 Å². The average Bonchev–Trinajstić information content (AvgIpc) is 2.20. The van der Waals surface area contributed by atoms with Gasteiger partial charge < -0.3 is 4.74 Å². The Labute approximate surface area is 86.3 Å². The average molecular weight is 196 g/mol. The molecule has 0 aromatic carbocycles. The van der Waals surface area contributed by atoms with Crippen LogP contribution in [0.15, 0.2) is 12.8 Å². The van der Waals surface area contributed by atoms with Crippen LogP contribution in [0.4, 0.5) is 0 Å². The maximum atomic E-state index is 11.4. The van der Waals surface area contributed by atoms with Crippen LogP contribution in [-0.2, 0) is 9.53 Å². The van der Waals surface area contributed by atoms with Crippen LogP contribution in [0.5, 0.6) is 0 Å². The minimum atomic E-state index is -0.0880. The van der Waals surface area contributed by atoms with E-state index in [9.17, 15) is 4.79 Å². The maximum absolute atomic E-state index is 11.4. The van der Waals surface area contributed by atoms with Gasteiger partial charge in [0.2, 0.25) is 0 Å². The minimum absolute atomic E-state index is 0.0880. The molecule has 0 amide bonds. The summed E-state index contributed by atoms with van der Waals surface area (Å²) in [5.74, 6) is 0.879. The monoisotopic (exact) mass is 196 g/mol. The molecule has 0 unspecified atom stereocenters. The van der Waals surface area contributed by atoms with Crippen LogP contribution in [0.1, 0.15) is 45.4 Å². The van der Waals surface area contributed by atoms with E-state index in [1.54, 1.807) is 0 Å². The number of carbonyl (C=O) groups excluding carboxylic acids is 1. The van der Waals surface area contributed by atoms with Crippen molar-refractivity contribution in [2.45, 2.75) is 45.4 Å². The van der Waals surface area contributed by atoms with Crippen molar-refractivity contribution >= 4 is 5.97 Å². The van der Waals surface area contributed by atoms with Gasteiger partial charge in [0, 0.05) is 0 Å². The van der Waals surface area contributed by atoms with Gasteiger partial charge in [0.1, 0.15) is 0 Å². The summed E-state index contributed by atoms with van der Waals surface area (Å²) in [7, 11) is 0. The molecule has 2 nitrogen and oxygen atoms in total.